The number of carbonyl (C=O) groups is 2. The fourth-order valence-electron chi connectivity index (χ4n) is 4.02. The van der Waals surface area contributed by atoms with Crippen molar-refractivity contribution in [3.8, 4) is 5.75 Å². The first-order chi connectivity index (χ1) is 18.1. The van der Waals surface area contributed by atoms with Crippen LogP contribution in [0, 0.1) is 5.92 Å². The van der Waals surface area contributed by atoms with Crippen LogP contribution < -0.4 is 10.1 Å². The van der Waals surface area contributed by atoms with Crippen molar-refractivity contribution in [2.75, 3.05) is 13.2 Å². The molecule has 0 aliphatic heterocycles. The van der Waals surface area contributed by atoms with Gasteiger partial charge in [-0.05, 0) is 68.7 Å². The molecule has 3 aromatic carbocycles. The van der Waals surface area contributed by atoms with E-state index in [0.717, 1.165) is 20.1 Å². The Balaban J connectivity index is 1.90. The summed E-state index contributed by atoms with van der Waals surface area (Å²) in [6, 6.07) is 22.8. The fourth-order valence-corrected chi connectivity index (χ4v) is 4.98. The number of rotatable bonds is 12. The van der Waals surface area contributed by atoms with Crippen molar-refractivity contribution >= 4 is 43.7 Å². The predicted octanol–water partition coefficient (Wildman–Crippen LogP) is 7.13. The van der Waals surface area contributed by atoms with E-state index in [0.29, 0.717) is 30.6 Å². The Labute approximate surface area is 243 Å². The minimum Gasteiger partial charge on any atom is -0.483 e. The van der Waals surface area contributed by atoms with Crippen LogP contribution in [-0.4, -0.2) is 35.9 Å². The first-order valence-electron chi connectivity index (χ1n) is 12.9. The second-order valence-electron chi connectivity index (χ2n) is 10.1. The van der Waals surface area contributed by atoms with Gasteiger partial charge in [0.05, 0.1) is 4.47 Å². The van der Waals surface area contributed by atoms with E-state index in [-0.39, 0.29) is 25.0 Å². The molecule has 0 radical (unpaired) electrons. The third-order valence-corrected chi connectivity index (χ3v) is 7.28. The van der Waals surface area contributed by atoms with E-state index in [2.05, 4.69) is 51.0 Å². The first kappa shape index (κ1) is 29.9. The van der Waals surface area contributed by atoms with Crippen molar-refractivity contribution in [3.05, 3.63) is 98.4 Å². The molecule has 2 amide bonds. The lowest BCUT2D eigenvalue weighted by Crippen LogP contribution is -2.52. The number of nitrogens with zero attached hydrogens (tertiary/aromatic N) is 1. The summed E-state index contributed by atoms with van der Waals surface area (Å²) in [5, 5.41) is 3.04. The van der Waals surface area contributed by atoms with Crippen molar-refractivity contribution in [2.24, 2.45) is 5.92 Å². The van der Waals surface area contributed by atoms with E-state index >= 15 is 0 Å². The summed E-state index contributed by atoms with van der Waals surface area (Å²) >= 11 is 7.10. The summed E-state index contributed by atoms with van der Waals surface area (Å²) in [6.07, 6.45) is 0.400. The van der Waals surface area contributed by atoms with Crippen LogP contribution >= 0.6 is 31.9 Å². The van der Waals surface area contributed by atoms with Crippen LogP contribution in [0.3, 0.4) is 0 Å². The highest BCUT2D eigenvalue weighted by Gasteiger charge is 2.31. The molecule has 0 aliphatic rings. The van der Waals surface area contributed by atoms with Crippen molar-refractivity contribution in [2.45, 2.75) is 52.6 Å². The van der Waals surface area contributed by atoms with Gasteiger partial charge in [0.2, 0.25) is 5.91 Å². The molecule has 7 heteroatoms. The van der Waals surface area contributed by atoms with Crippen molar-refractivity contribution in [1.29, 1.82) is 0 Å². The van der Waals surface area contributed by atoms with Gasteiger partial charge in [0, 0.05) is 24.0 Å². The Kier molecular flexibility index (Phi) is 11.4. The smallest absolute Gasteiger partial charge is 0.261 e. The zero-order valence-corrected chi connectivity index (χ0v) is 25.6. The maximum Gasteiger partial charge on any atom is 0.261 e. The van der Waals surface area contributed by atoms with Crippen LogP contribution in [0.1, 0.15) is 50.3 Å². The molecular weight excluding hydrogens is 608 g/mol. The molecule has 0 heterocycles. The van der Waals surface area contributed by atoms with Crippen LogP contribution in [0.15, 0.2) is 81.7 Å². The monoisotopic (exact) mass is 642 g/mol. The van der Waals surface area contributed by atoms with E-state index in [4.69, 9.17) is 4.74 Å². The summed E-state index contributed by atoms with van der Waals surface area (Å²) < 4.78 is 7.69. The van der Waals surface area contributed by atoms with Gasteiger partial charge in [0.25, 0.3) is 5.91 Å². The molecule has 38 heavy (non-hydrogen) atoms. The Morgan fingerprint density at radius 2 is 1.61 bits per heavy atom. The molecule has 1 N–H and O–H groups in total. The Bertz CT molecular complexity index is 1210. The van der Waals surface area contributed by atoms with Crippen LogP contribution in [0.2, 0.25) is 0 Å². The molecule has 202 valence electrons. The van der Waals surface area contributed by atoms with Gasteiger partial charge in [0.15, 0.2) is 6.61 Å². The molecule has 0 spiro atoms. The molecule has 0 unspecified atom stereocenters. The molecule has 0 saturated carbocycles. The van der Waals surface area contributed by atoms with Gasteiger partial charge in [-0.25, -0.2) is 0 Å². The van der Waals surface area contributed by atoms with E-state index in [1.807, 2.05) is 86.6 Å². The Morgan fingerprint density at radius 3 is 2.24 bits per heavy atom. The Hall–Kier alpha value is -2.64. The fraction of sp³-hybridized carbons (Fsp3) is 0.355. The molecule has 0 aliphatic carbocycles. The molecule has 0 bridgehead atoms. The summed E-state index contributed by atoms with van der Waals surface area (Å²) in [6.45, 7) is 8.98. The van der Waals surface area contributed by atoms with Gasteiger partial charge in [-0.1, -0.05) is 92.2 Å². The third kappa shape index (κ3) is 8.98. The highest BCUT2D eigenvalue weighted by molar-refractivity contribution is 9.10. The van der Waals surface area contributed by atoms with Crippen LogP contribution in [0.5, 0.6) is 5.75 Å². The van der Waals surface area contributed by atoms with Gasteiger partial charge in [-0.15, -0.1) is 0 Å². The van der Waals surface area contributed by atoms with E-state index in [9.17, 15) is 9.59 Å². The zero-order chi connectivity index (χ0) is 27.7. The number of ether oxygens (including phenoxy) is 1. The van der Waals surface area contributed by atoms with Gasteiger partial charge in [-0.2, -0.15) is 0 Å². The highest BCUT2D eigenvalue weighted by atomic mass is 79.9. The summed E-state index contributed by atoms with van der Waals surface area (Å²) in [5.41, 5.74) is 3.08. The van der Waals surface area contributed by atoms with E-state index < -0.39 is 6.04 Å². The second kappa shape index (κ2) is 14.5. The van der Waals surface area contributed by atoms with Gasteiger partial charge < -0.3 is 15.0 Å². The maximum atomic E-state index is 13.8. The van der Waals surface area contributed by atoms with Gasteiger partial charge >= 0.3 is 0 Å². The number of halogens is 2. The average molecular weight is 644 g/mol. The minimum atomic E-state index is -0.696. The van der Waals surface area contributed by atoms with E-state index in [1.54, 1.807) is 4.90 Å². The third-order valence-electron chi connectivity index (χ3n) is 6.17. The number of nitrogens with one attached hydrogen (secondary N) is 1. The molecule has 0 fully saturated rings. The maximum absolute atomic E-state index is 13.8. The van der Waals surface area contributed by atoms with Crippen LogP contribution in [-0.2, 0) is 22.6 Å². The molecule has 0 saturated heterocycles. The largest absolute Gasteiger partial charge is 0.483 e. The summed E-state index contributed by atoms with van der Waals surface area (Å²) in [4.78, 5) is 28.9. The summed E-state index contributed by atoms with van der Waals surface area (Å²) in [7, 11) is 0. The standard InChI is InChI=1S/C31H36Br2N2O3/c1-21(2)18-34-31(37)28(16-23-9-6-5-7-10-23)35(19-24-11-8-12-26(32)15-24)30(36)20-38-29-14-13-25(22(3)4)17-27(29)33/h5-15,17,21-22,28H,16,18-20H2,1-4H3,(H,34,37)/t28-/m1/s1. The lowest BCUT2D eigenvalue weighted by Gasteiger charge is -2.32. The topological polar surface area (TPSA) is 58.6 Å². The average Bonchev–Trinajstić information content (AvgIpc) is 2.89. The predicted molar refractivity (Wildman–Crippen MR) is 160 cm³/mol. The van der Waals surface area contributed by atoms with Crippen molar-refractivity contribution < 1.29 is 14.3 Å². The molecule has 3 rings (SSSR count). The van der Waals surface area contributed by atoms with Crippen LogP contribution in [0.4, 0.5) is 0 Å². The number of carbonyl (C=O) groups excluding carboxylic acids is 2. The molecule has 0 aromatic heterocycles. The van der Waals surface area contributed by atoms with Gasteiger partial charge in [-0.3, -0.25) is 9.59 Å². The zero-order valence-electron chi connectivity index (χ0n) is 22.4. The summed E-state index contributed by atoms with van der Waals surface area (Å²) in [5.74, 6) is 0.832. The van der Waals surface area contributed by atoms with Crippen molar-refractivity contribution in [3.63, 3.8) is 0 Å². The second-order valence-corrected chi connectivity index (χ2v) is 11.9. The first-order valence-corrected chi connectivity index (χ1v) is 14.5. The number of amides is 2. The lowest BCUT2D eigenvalue weighted by atomic mass is 10.0. The van der Waals surface area contributed by atoms with Crippen LogP contribution in [0.25, 0.3) is 0 Å². The normalized spacial score (nSPS) is 11.9. The number of hydrogen-bond acceptors (Lipinski definition) is 3. The number of hydrogen-bond donors (Lipinski definition) is 1. The van der Waals surface area contributed by atoms with Crippen molar-refractivity contribution in [1.82, 2.24) is 10.2 Å². The molecule has 1 atom stereocenters. The lowest BCUT2D eigenvalue weighted by molar-refractivity contribution is -0.142. The minimum absolute atomic E-state index is 0.173. The SMILES string of the molecule is CC(C)CNC(=O)[C@@H](Cc1ccccc1)N(Cc1cccc(Br)c1)C(=O)COc1ccc(C(C)C)cc1Br. The molecular formula is C31H36Br2N2O3. The Morgan fingerprint density at radius 1 is 0.895 bits per heavy atom. The van der Waals surface area contributed by atoms with E-state index in [1.165, 1.54) is 5.56 Å². The molecule has 5 nitrogen and oxygen atoms in total. The highest BCUT2D eigenvalue weighted by Crippen LogP contribution is 2.29. The number of benzene rings is 3. The molecule has 3 aromatic rings. The van der Waals surface area contributed by atoms with Gasteiger partial charge in [0.1, 0.15) is 11.8 Å². The quantitative estimate of drug-likeness (QED) is 0.229.